The highest BCUT2D eigenvalue weighted by Gasteiger charge is 2.13. The fraction of sp³-hybridized carbons (Fsp3) is 0.308. The molecular weight excluding hydrogens is 402 g/mol. The van der Waals surface area contributed by atoms with Crippen LogP contribution in [-0.2, 0) is 13.1 Å². The fourth-order valence-corrected chi connectivity index (χ4v) is 3.80. The maximum Gasteiger partial charge on any atom is 0.251 e. The van der Waals surface area contributed by atoms with Crippen molar-refractivity contribution in [3.05, 3.63) is 83.6 Å². The van der Waals surface area contributed by atoms with Crippen LogP contribution in [0, 0.1) is 0 Å². The third kappa shape index (κ3) is 6.08. The zero-order valence-electron chi connectivity index (χ0n) is 18.4. The third-order valence-corrected chi connectivity index (χ3v) is 5.40. The summed E-state index contributed by atoms with van der Waals surface area (Å²) >= 11 is 0. The fourth-order valence-electron chi connectivity index (χ4n) is 3.80. The van der Waals surface area contributed by atoms with Crippen molar-refractivity contribution in [3.8, 4) is 17.4 Å². The Balaban J connectivity index is 1.33. The van der Waals surface area contributed by atoms with Crippen LogP contribution in [0.1, 0.15) is 41.3 Å². The van der Waals surface area contributed by atoms with Gasteiger partial charge < -0.3 is 14.8 Å². The van der Waals surface area contributed by atoms with Gasteiger partial charge in [-0.3, -0.25) is 9.69 Å². The smallest absolute Gasteiger partial charge is 0.251 e. The molecule has 0 bridgehead atoms. The van der Waals surface area contributed by atoms with E-state index in [4.69, 9.17) is 9.47 Å². The molecule has 3 aromatic rings. The summed E-state index contributed by atoms with van der Waals surface area (Å²) in [7, 11) is 0. The second-order valence-electron chi connectivity index (χ2n) is 7.88. The van der Waals surface area contributed by atoms with Crippen LogP contribution in [-0.4, -0.2) is 35.5 Å². The number of hydrogen-bond acceptors (Lipinski definition) is 5. The van der Waals surface area contributed by atoms with Gasteiger partial charge in [0.05, 0.1) is 6.61 Å². The molecular formula is C26H29N3O3. The standard InChI is InChI=1S/C26H29N3O3/c1-2-31-23-8-10-24(11-9-23)32-25-17-20(12-13-27-25)18-28-26(30)22-7-5-6-21(16-22)19-29-14-3-4-15-29/h5-13,16-17H,2-4,14-15,18-19H2,1H3,(H,28,30). The highest BCUT2D eigenvalue weighted by Crippen LogP contribution is 2.23. The summed E-state index contributed by atoms with van der Waals surface area (Å²) in [5, 5.41) is 3.00. The quantitative estimate of drug-likeness (QED) is 0.527. The van der Waals surface area contributed by atoms with E-state index in [1.807, 2.05) is 61.5 Å². The minimum absolute atomic E-state index is 0.0842. The maximum atomic E-state index is 12.7. The molecule has 0 unspecified atom stereocenters. The predicted octanol–water partition coefficient (Wildman–Crippen LogP) is 4.80. The molecule has 2 heterocycles. The van der Waals surface area contributed by atoms with E-state index in [-0.39, 0.29) is 5.91 Å². The first-order valence-corrected chi connectivity index (χ1v) is 11.1. The molecule has 1 aliphatic rings. The van der Waals surface area contributed by atoms with Gasteiger partial charge in [0.1, 0.15) is 11.5 Å². The number of nitrogens with one attached hydrogen (secondary N) is 1. The van der Waals surface area contributed by atoms with E-state index in [1.165, 1.54) is 18.4 Å². The summed E-state index contributed by atoms with van der Waals surface area (Å²) in [5.74, 6) is 1.87. The van der Waals surface area contributed by atoms with Crippen LogP contribution in [0.2, 0.25) is 0 Å². The van der Waals surface area contributed by atoms with Crippen molar-refractivity contribution in [1.82, 2.24) is 15.2 Å². The Kier molecular flexibility index (Phi) is 7.35. The molecule has 1 amide bonds. The van der Waals surface area contributed by atoms with Gasteiger partial charge in [-0.2, -0.15) is 0 Å². The maximum absolute atomic E-state index is 12.7. The van der Waals surface area contributed by atoms with Gasteiger partial charge in [0.2, 0.25) is 5.88 Å². The number of carbonyl (C=O) groups is 1. The van der Waals surface area contributed by atoms with Crippen molar-refractivity contribution >= 4 is 5.91 Å². The van der Waals surface area contributed by atoms with Crippen molar-refractivity contribution in [2.24, 2.45) is 0 Å². The molecule has 32 heavy (non-hydrogen) atoms. The molecule has 6 nitrogen and oxygen atoms in total. The zero-order chi connectivity index (χ0) is 22.2. The van der Waals surface area contributed by atoms with Crippen molar-refractivity contribution in [2.75, 3.05) is 19.7 Å². The molecule has 2 aromatic carbocycles. The van der Waals surface area contributed by atoms with Crippen molar-refractivity contribution in [3.63, 3.8) is 0 Å². The van der Waals surface area contributed by atoms with E-state index < -0.39 is 0 Å². The van der Waals surface area contributed by atoms with Gasteiger partial charge in [0, 0.05) is 30.9 Å². The molecule has 166 valence electrons. The summed E-state index contributed by atoms with van der Waals surface area (Å²) in [6.07, 6.45) is 4.20. The zero-order valence-corrected chi connectivity index (χ0v) is 18.4. The molecule has 0 radical (unpaired) electrons. The molecule has 0 spiro atoms. The normalized spacial score (nSPS) is 13.7. The molecule has 6 heteroatoms. The number of rotatable bonds is 9. The Hall–Kier alpha value is -3.38. The van der Waals surface area contributed by atoms with E-state index in [0.717, 1.165) is 30.9 Å². The van der Waals surface area contributed by atoms with Crippen LogP contribution in [0.15, 0.2) is 66.9 Å². The van der Waals surface area contributed by atoms with Crippen molar-refractivity contribution in [2.45, 2.75) is 32.9 Å². The van der Waals surface area contributed by atoms with Crippen molar-refractivity contribution < 1.29 is 14.3 Å². The number of amides is 1. The van der Waals surface area contributed by atoms with E-state index in [9.17, 15) is 4.79 Å². The predicted molar refractivity (Wildman–Crippen MR) is 124 cm³/mol. The van der Waals surface area contributed by atoms with Gasteiger partial charge in [0.25, 0.3) is 5.91 Å². The average molecular weight is 432 g/mol. The summed E-state index contributed by atoms with van der Waals surface area (Å²) in [6, 6.07) is 19.0. The summed E-state index contributed by atoms with van der Waals surface area (Å²) in [6.45, 7) is 6.15. The third-order valence-electron chi connectivity index (χ3n) is 5.40. The SMILES string of the molecule is CCOc1ccc(Oc2cc(CNC(=O)c3cccc(CN4CCCC4)c3)ccn2)cc1. The van der Waals surface area contributed by atoms with E-state index in [1.54, 1.807) is 6.20 Å². The Morgan fingerprint density at radius 3 is 2.56 bits per heavy atom. The van der Waals surface area contributed by atoms with Crippen LogP contribution in [0.3, 0.4) is 0 Å². The Morgan fingerprint density at radius 1 is 1.00 bits per heavy atom. The van der Waals surface area contributed by atoms with E-state index in [2.05, 4.69) is 21.3 Å². The minimum atomic E-state index is -0.0842. The first-order chi connectivity index (χ1) is 15.7. The van der Waals surface area contributed by atoms with Gasteiger partial charge in [-0.15, -0.1) is 0 Å². The highest BCUT2D eigenvalue weighted by atomic mass is 16.5. The lowest BCUT2D eigenvalue weighted by Crippen LogP contribution is -2.23. The van der Waals surface area contributed by atoms with Gasteiger partial charge in [0.15, 0.2) is 0 Å². The second kappa shape index (κ2) is 10.8. The van der Waals surface area contributed by atoms with Crippen molar-refractivity contribution in [1.29, 1.82) is 0 Å². The first-order valence-electron chi connectivity index (χ1n) is 11.1. The molecule has 1 aliphatic heterocycles. The molecule has 4 rings (SSSR count). The topological polar surface area (TPSA) is 63.7 Å². The van der Waals surface area contributed by atoms with E-state index >= 15 is 0 Å². The lowest BCUT2D eigenvalue weighted by molar-refractivity contribution is 0.0950. The molecule has 1 N–H and O–H groups in total. The summed E-state index contributed by atoms with van der Waals surface area (Å²) < 4.78 is 11.3. The number of nitrogens with zero attached hydrogens (tertiary/aromatic N) is 2. The van der Waals surface area contributed by atoms with Crippen LogP contribution in [0.5, 0.6) is 17.4 Å². The van der Waals surface area contributed by atoms with E-state index in [0.29, 0.717) is 30.3 Å². The van der Waals surface area contributed by atoms with Gasteiger partial charge in [-0.25, -0.2) is 4.98 Å². The Morgan fingerprint density at radius 2 is 1.78 bits per heavy atom. The van der Waals surface area contributed by atoms with Gasteiger partial charge in [-0.1, -0.05) is 12.1 Å². The van der Waals surface area contributed by atoms with Crippen LogP contribution >= 0.6 is 0 Å². The number of ether oxygens (including phenoxy) is 2. The number of carbonyl (C=O) groups excluding carboxylic acids is 1. The Bertz CT molecular complexity index is 1030. The molecule has 0 aliphatic carbocycles. The monoisotopic (exact) mass is 431 g/mol. The minimum Gasteiger partial charge on any atom is -0.494 e. The van der Waals surface area contributed by atoms with Crippen LogP contribution < -0.4 is 14.8 Å². The number of likely N-dealkylation sites (tertiary alicyclic amines) is 1. The summed E-state index contributed by atoms with van der Waals surface area (Å²) in [4.78, 5) is 19.4. The number of pyridine rings is 1. The Labute approximate surface area is 189 Å². The number of hydrogen-bond donors (Lipinski definition) is 1. The molecule has 0 saturated carbocycles. The van der Waals surface area contributed by atoms with Crippen LogP contribution in [0.25, 0.3) is 0 Å². The summed E-state index contributed by atoms with van der Waals surface area (Å²) in [5.41, 5.74) is 2.78. The highest BCUT2D eigenvalue weighted by molar-refractivity contribution is 5.94. The number of benzene rings is 2. The first kappa shape index (κ1) is 21.8. The molecule has 1 saturated heterocycles. The van der Waals surface area contributed by atoms with Gasteiger partial charge in [-0.05, 0) is 86.4 Å². The largest absolute Gasteiger partial charge is 0.494 e. The second-order valence-corrected chi connectivity index (χ2v) is 7.88. The lowest BCUT2D eigenvalue weighted by atomic mass is 10.1. The lowest BCUT2D eigenvalue weighted by Gasteiger charge is -2.15. The average Bonchev–Trinajstić information content (AvgIpc) is 3.32. The van der Waals surface area contributed by atoms with Gasteiger partial charge >= 0.3 is 0 Å². The molecule has 1 fully saturated rings. The number of aromatic nitrogens is 1. The van der Waals surface area contributed by atoms with Crippen LogP contribution in [0.4, 0.5) is 0 Å². The molecule has 1 aromatic heterocycles. The molecule has 0 atom stereocenters.